The van der Waals surface area contributed by atoms with Gasteiger partial charge in [-0.25, -0.2) is 13.1 Å². The van der Waals surface area contributed by atoms with Gasteiger partial charge in [0.25, 0.3) is 0 Å². The Morgan fingerprint density at radius 2 is 1.81 bits per heavy atom. The lowest BCUT2D eigenvalue weighted by molar-refractivity contribution is 0.491. The largest absolute Gasteiger partial charge is 0.465 e. The van der Waals surface area contributed by atoms with E-state index in [4.69, 9.17) is 4.42 Å². The first-order valence-corrected chi connectivity index (χ1v) is 9.90. The standard InChI is InChI=1S/C14H26N2O3S2/c1-9(2)15-7-13-11(4)19-12(5)14(13)21(17,18)16-10(3)8-20-6/h9-10,15-16H,7-8H2,1-6H3. The molecule has 0 aromatic carbocycles. The van der Waals surface area contributed by atoms with Crippen molar-refractivity contribution < 1.29 is 12.8 Å². The molecule has 1 atom stereocenters. The Balaban J connectivity index is 3.10. The van der Waals surface area contributed by atoms with Crippen molar-refractivity contribution in [1.29, 1.82) is 0 Å². The van der Waals surface area contributed by atoms with Gasteiger partial charge >= 0.3 is 0 Å². The van der Waals surface area contributed by atoms with Gasteiger partial charge in [-0.05, 0) is 27.0 Å². The summed E-state index contributed by atoms with van der Waals surface area (Å²) in [5.41, 5.74) is 0.713. The minimum Gasteiger partial charge on any atom is -0.465 e. The third-order valence-electron chi connectivity index (χ3n) is 3.05. The molecule has 0 saturated carbocycles. The van der Waals surface area contributed by atoms with E-state index in [1.165, 1.54) is 0 Å². The zero-order chi connectivity index (χ0) is 16.2. The number of thioether (sulfide) groups is 1. The third kappa shape index (κ3) is 5.02. The van der Waals surface area contributed by atoms with E-state index < -0.39 is 10.0 Å². The van der Waals surface area contributed by atoms with Crippen LogP contribution in [0.15, 0.2) is 9.31 Å². The average Bonchev–Trinajstić information content (AvgIpc) is 2.61. The van der Waals surface area contributed by atoms with Crippen LogP contribution in [0.2, 0.25) is 0 Å². The molecular weight excluding hydrogens is 308 g/mol. The van der Waals surface area contributed by atoms with Gasteiger partial charge in [-0.3, -0.25) is 0 Å². The van der Waals surface area contributed by atoms with Crippen LogP contribution >= 0.6 is 11.8 Å². The molecule has 21 heavy (non-hydrogen) atoms. The Morgan fingerprint density at radius 1 is 1.19 bits per heavy atom. The van der Waals surface area contributed by atoms with Crippen molar-refractivity contribution in [3.8, 4) is 0 Å². The molecule has 0 saturated heterocycles. The normalized spacial score (nSPS) is 13.9. The lowest BCUT2D eigenvalue weighted by Gasteiger charge is -2.14. The minimum atomic E-state index is -3.57. The highest BCUT2D eigenvalue weighted by Crippen LogP contribution is 2.26. The summed E-state index contributed by atoms with van der Waals surface area (Å²) in [5, 5.41) is 3.25. The number of nitrogens with one attached hydrogen (secondary N) is 2. The van der Waals surface area contributed by atoms with Gasteiger partial charge in [-0.2, -0.15) is 11.8 Å². The molecule has 0 aliphatic rings. The van der Waals surface area contributed by atoms with E-state index in [0.29, 0.717) is 23.6 Å². The van der Waals surface area contributed by atoms with Crippen LogP contribution in [-0.2, 0) is 16.6 Å². The third-order valence-corrected chi connectivity index (χ3v) is 5.67. The van der Waals surface area contributed by atoms with E-state index in [0.717, 1.165) is 5.75 Å². The number of rotatable bonds is 8. The number of aryl methyl sites for hydroxylation is 2. The Labute approximate surface area is 132 Å². The Morgan fingerprint density at radius 3 is 2.33 bits per heavy atom. The Bertz CT molecular complexity index is 565. The lowest BCUT2D eigenvalue weighted by atomic mass is 10.2. The SMILES string of the molecule is CSCC(C)NS(=O)(=O)c1c(C)oc(C)c1CNC(C)C. The van der Waals surface area contributed by atoms with Gasteiger partial charge in [0.15, 0.2) is 0 Å². The second-order valence-electron chi connectivity index (χ2n) is 5.54. The molecule has 2 N–H and O–H groups in total. The molecule has 0 aliphatic carbocycles. The summed E-state index contributed by atoms with van der Waals surface area (Å²) in [6.45, 7) is 9.88. The monoisotopic (exact) mass is 334 g/mol. The van der Waals surface area contributed by atoms with Gasteiger partial charge in [0.05, 0.1) is 0 Å². The number of furan rings is 1. The molecule has 0 amide bonds. The first-order valence-electron chi connectivity index (χ1n) is 7.02. The van der Waals surface area contributed by atoms with Gasteiger partial charge in [-0.15, -0.1) is 0 Å². The smallest absolute Gasteiger partial charge is 0.244 e. The minimum absolute atomic E-state index is 0.120. The fraction of sp³-hybridized carbons (Fsp3) is 0.714. The summed E-state index contributed by atoms with van der Waals surface area (Å²) in [6.07, 6.45) is 1.95. The molecule has 0 radical (unpaired) electrons. The first-order chi connectivity index (χ1) is 9.69. The van der Waals surface area contributed by atoms with Crippen LogP contribution < -0.4 is 10.0 Å². The quantitative estimate of drug-likeness (QED) is 0.764. The summed E-state index contributed by atoms with van der Waals surface area (Å²) < 4.78 is 33.5. The van der Waals surface area contributed by atoms with Crippen LogP contribution in [-0.4, -0.2) is 32.5 Å². The summed E-state index contributed by atoms with van der Waals surface area (Å²) in [4.78, 5) is 0.279. The molecule has 1 unspecified atom stereocenters. The van der Waals surface area contributed by atoms with Crippen LogP contribution in [0.3, 0.4) is 0 Å². The van der Waals surface area contributed by atoms with Crippen LogP contribution in [0.1, 0.15) is 37.9 Å². The number of hydrogen-bond donors (Lipinski definition) is 2. The summed E-state index contributed by atoms with van der Waals surface area (Å²) in [5.74, 6) is 1.82. The second kappa shape index (κ2) is 7.67. The summed E-state index contributed by atoms with van der Waals surface area (Å²) in [6, 6.07) is 0.157. The average molecular weight is 335 g/mol. The summed E-state index contributed by atoms with van der Waals surface area (Å²) in [7, 11) is -3.57. The second-order valence-corrected chi connectivity index (χ2v) is 8.10. The van der Waals surface area contributed by atoms with Crippen molar-refractivity contribution >= 4 is 21.8 Å². The first kappa shape index (κ1) is 18.5. The van der Waals surface area contributed by atoms with E-state index in [2.05, 4.69) is 10.0 Å². The van der Waals surface area contributed by atoms with Crippen molar-refractivity contribution in [3.05, 3.63) is 17.1 Å². The molecule has 0 bridgehead atoms. The van der Waals surface area contributed by atoms with E-state index in [9.17, 15) is 8.42 Å². The van der Waals surface area contributed by atoms with Crippen molar-refractivity contribution in [1.82, 2.24) is 10.0 Å². The predicted molar refractivity (Wildman–Crippen MR) is 88.3 cm³/mol. The van der Waals surface area contributed by atoms with Crippen LogP contribution in [0.25, 0.3) is 0 Å². The van der Waals surface area contributed by atoms with Crippen molar-refractivity contribution in [2.75, 3.05) is 12.0 Å². The molecule has 1 rings (SSSR count). The van der Waals surface area contributed by atoms with Crippen LogP contribution in [0, 0.1) is 13.8 Å². The van der Waals surface area contributed by atoms with Crippen molar-refractivity contribution in [2.24, 2.45) is 0 Å². The molecule has 0 fully saturated rings. The predicted octanol–water partition coefficient (Wildman–Crippen LogP) is 2.42. The van der Waals surface area contributed by atoms with Crippen LogP contribution in [0.4, 0.5) is 0 Å². The number of hydrogen-bond acceptors (Lipinski definition) is 5. The van der Waals surface area contributed by atoms with E-state index in [1.54, 1.807) is 25.6 Å². The van der Waals surface area contributed by atoms with E-state index in [-0.39, 0.29) is 17.0 Å². The highest BCUT2D eigenvalue weighted by Gasteiger charge is 2.27. The maximum absolute atomic E-state index is 12.6. The zero-order valence-corrected chi connectivity index (χ0v) is 15.2. The van der Waals surface area contributed by atoms with Gasteiger partial charge in [0, 0.05) is 29.9 Å². The zero-order valence-electron chi connectivity index (χ0n) is 13.6. The lowest BCUT2D eigenvalue weighted by Crippen LogP contribution is -2.35. The highest BCUT2D eigenvalue weighted by molar-refractivity contribution is 7.98. The Kier molecular flexibility index (Phi) is 6.77. The molecule has 1 aromatic rings. The maximum Gasteiger partial charge on any atom is 0.244 e. The Hall–Kier alpha value is -0.500. The van der Waals surface area contributed by atoms with Gasteiger partial charge in [0.1, 0.15) is 16.4 Å². The molecular formula is C14H26N2O3S2. The highest BCUT2D eigenvalue weighted by atomic mass is 32.2. The van der Waals surface area contributed by atoms with Gasteiger partial charge < -0.3 is 9.73 Å². The van der Waals surface area contributed by atoms with E-state index >= 15 is 0 Å². The molecule has 1 aromatic heterocycles. The summed E-state index contributed by atoms with van der Waals surface area (Å²) >= 11 is 1.61. The van der Waals surface area contributed by atoms with E-state index in [1.807, 2.05) is 27.0 Å². The topological polar surface area (TPSA) is 71.3 Å². The molecule has 1 heterocycles. The molecule has 122 valence electrons. The van der Waals surface area contributed by atoms with Gasteiger partial charge in [0.2, 0.25) is 10.0 Å². The fourth-order valence-electron chi connectivity index (χ4n) is 2.18. The molecule has 7 heteroatoms. The molecule has 0 aliphatic heterocycles. The molecule has 5 nitrogen and oxygen atoms in total. The van der Waals surface area contributed by atoms with Crippen molar-refractivity contribution in [2.45, 2.75) is 58.1 Å². The number of sulfonamides is 1. The van der Waals surface area contributed by atoms with Crippen LogP contribution in [0.5, 0.6) is 0 Å². The fourth-order valence-corrected chi connectivity index (χ4v) is 4.56. The van der Waals surface area contributed by atoms with Crippen molar-refractivity contribution in [3.63, 3.8) is 0 Å². The molecule has 0 spiro atoms. The maximum atomic E-state index is 12.6. The van der Waals surface area contributed by atoms with Gasteiger partial charge in [-0.1, -0.05) is 13.8 Å².